The van der Waals surface area contributed by atoms with Gasteiger partial charge < -0.3 is 10.0 Å². The number of rotatable bonds is 11. The second-order valence-electron chi connectivity index (χ2n) is 10.2. The van der Waals surface area contributed by atoms with Gasteiger partial charge in [-0.05, 0) is 60.8 Å². The van der Waals surface area contributed by atoms with Crippen molar-refractivity contribution in [1.82, 2.24) is 9.80 Å². The minimum atomic E-state index is -0.708. The normalized spacial score (nSPS) is 20.5. The SMILES string of the molecule is CC.CN(CCN(C=O)C1=CC(C2CCCCC2)CC=N1)c1ccc(CN2CC(CC(=O)O)C2)cc1. The number of likely N-dealkylation sites (N-methyl/N-ethyl adjacent to an activating group) is 1. The summed E-state index contributed by atoms with van der Waals surface area (Å²) in [7, 11) is 2.05. The van der Waals surface area contributed by atoms with Crippen molar-refractivity contribution in [2.24, 2.45) is 22.7 Å². The molecule has 2 heterocycles. The van der Waals surface area contributed by atoms with E-state index in [1.807, 2.05) is 27.1 Å². The van der Waals surface area contributed by atoms with Gasteiger partial charge in [-0.15, -0.1) is 0 Å². The van der Waals surface area contributed by atoms with E-state index in [2.05, 4.69) is 45.1 Å². The molecule has 1 aliphatic carbocycles. The second kappa shape index (κ2) is 14.2. The predicted molar refractivity (Wildman–Crippen MR) is 146 cm³/mol. The van der Waals surface area contributed by atoms with Gasteiger partial charge in [-0.25, -0.2) is 4.99 Å². The smallest absolute Gasteiger partial charge is 0.303 e. The second-order valence-corrected chi connectivity index (χ2v) is 10.2. The van der Waals surface area contributed by atoms with Crippen LogP contribution in [-0.4, -0.2) is 66.7 Å². The van der Waals surface area contributed by atoms with E-state index in [0.29, 0.717) is 12.5 Å². The van der Waals surface area contributed by atoms with Gasteiger partial charge in [0.25, 0.3) is 0 Å². The molecule has 3 aliphatic rings. The van der Waals surface area contributed by atoms with Crippen LogP contribution in [0.25, 0.3) is 0 Å². The summed E-state index contributed by atoms with van der Waals surface area (Å²) in [6.07, 6.45) is 13.0. The van der Waals surface area contributed by atoms with Crippen LogP contribution in [0.5, 0.6) is 0 Å². The molecule has 1 N–H and O–H groups in total. The van der Waals surface area contributed by atoms with Crippen LogP contribution in [0.2, 0.25) is 0 Å². The lowest BCUT2D eigenvalue weighted by atomic mass is 9.78. The summed E-state index contributed by atoms with van der Waals surface area (Å²) in [5.41, 5.74) is 2.35. The van der Waals surface area contributed by atoms with Crippen molar-refractivity contribution in [3.63, 3.8) is 0 Å². The number of benzene rings is 1. The van der Waals surface area contributed by atoms with Gasteiger partial charge in [0.1, 0.15) is 5.82 Å². The van der Waals surface area contributed by atoms with E-state index in [1.165, 1.54) is 37.7 Å². The maximum atomic E-state index is 11.9. The Morgan fingerprint density at radius 2 is 1.81 bits per heavy atom. The minimum absolute atomic E-state index is 0.265. The Labute approximate surface area is 216 Å². The molecule has 36 heavy (non-hydrogen) atoms. The molecule has 2 fully saturated rings. The van der Waals surface area contributed by atoms with Gasteiger partial charge in [-0.1, -0.05) is 45.2 Å². The van der Waals surface area contributed by atoms with E-state index in [4.69, 9.17) is 5.11 Å². The van der Waals surface area contributed by atoms with Crippen LogP contribution in [0, 0.1) is 17.8 Å². The standard InChI is InChI=1S/C27H38N4O3.C2H6/c1-29(25-9-7-21(8-10-25)17-30-18-22(19-30)15-27(33)34)13-14-31(20-32)26-16-24(11-12-28-26)23-5-3-2-4-6-23;1-2/h7-10,12,16,20,22-24H,2-6,11,13-15,17-19H2,1H3,(H,33,34);1-2H3. The number of nitrogens with zero attached hydrogens (tertiary/aromatic N) is 4. The van der Waals surface area contributed by atoms with E-state index < -0.39 is 5.97 Å². The maximum Gasteiger partial charge on any atom is 0.303 e. The summed E-state index contributed by atoms with van der Waals surface area (Å²) >= 11 is 0. The Bertz CT molecular complexity index is 886. The van der Waals surface area contributed by atoms with Crippen LogP contribution in [0.15, 0.2) is 41.2 Å². The zero-order valence-electron chi connectivity index (χ0n) is 22.3. The summed E-state index contributed by atoms with van der Waals surface area (Å²) < 4.78 is 0. The van der Waals surface area contributed by atoms with Crippen molar-refractivity contribution >= 4 is 24.3 Å². The minimum Gasteiger partial charge on any atom is -0.481 e. The van der Waals surface area contributed by atoms with Crippen molar-refractivity contribution in [3.05, 3.63) is 41.7 Å². The third-order valence-corrected chi connectivity index (χ3v) is 7.60. The number of aliphatic imine (C=N–C) groups is 1. The lowest BCUT2D eigenvalue weighted by molar-refractivity contribution is -0.139. The van der Waals surface area contributed by atoms with Gasteiger partial charge in [-0.2, -0.15) is 0 Å². The Morgan fingerprint density at radius 3 is 2.44 bits per heavy atom. The molecule has 1 unspecified atom stereocenters. The molecule has 1 saturated heterocycles. The van der Waals surface area contributed by atoms with Crippen molar-refractivity contribution in [1.29, 1.82) is 0 Å². The number of likely N-dealkylation sites (tertiary alicyclic amines) is 1. The highest BCUT2D eigenvalue weighted by Gasteiger charge is 2.28. The van der Waals surface area contributed by atoms with Crippen molar-refractivity contribution in [3.8, 4) is 0 Å². The number of carboxylic acid groups (broad SMARTS) is 1. The number of hydrogen-bond acceptors (Lipinski definition) is 5. The first-order chi connectivity index (χ1) is 17.5. The third-order valence-electron chi connectivity index (χ3n) is 7.60. The molecule has 0 aromatic heterocycles. The number of hydrogen-bond donors (Lipinski definition) is 1. The van der Waals surface area contributed by atoms with Crippen LogP contribution >= 0.6 is 0 Å². The third kappa shape index (κ3) is 7.92. The number of amides is 1. The molecular weight excluding hydrogens is 452 g/mol. The average Bonchev–Trinajstić information content (AvgIpc) is 2.90. The first-order valence-corrected chi connectivity index (χ1v) is 13.7. The van der Waals surface area contributed by atoms with Gasteiger partial charge in [0, 0.05) is 51.7 Å². The van der Waals surface area contributed by atoms with Gasteiger partial charge in [0.15, 0.2) is 0 Å². The largest absolute Gasteiger partial charge is 0.481 e. The van der Waals surface area contributed by atoms with Crippen LogP contribution in [-0.2, 0) is 16.1 Å². The van der Waals surface area contributed by atoms with Crippen molar-refractivity contribution in [2.45, 2.75) is 65.3 Å². The van der Waals surface area contributed by atoms with E-state index in [0.717, 1.165) is 56.4 Å². The molecule has 0 bridgehead atoms. The zero-order chi connectivity index (χ0) is 25.9. The molecule has 7 heteroatoms. The van der Waals surface area contributed by atoms with Crippen LogP contribution in [0.4, 0.5) is 5.69 Å². The molecule has 1 aromatic rings. The van der Waals surface area contributed by atoms with Gasteiger partial charge in [0.05, 0.1) is 6.42 Å². The number of anilines is 1. The molecule has 4 rings (SSSR count). The molecular formula is C29H44N4O3. The highest BCUT2D eigenvalue weighted by atomic mass is 16.4. The molecule has 1 amide bonds. The summed E-state index contributed by atoms with van der Waals surface area (Å²) in [4.78, 5) is 33.4. The van der Waals surface area contributed by atoms with E-state index >= 15 is 0 Å². The first kappa shape index (κ1) is 27.9. The van der Waals surface area contributed by atoms with E-state index in [9.17, 15) is 9.59 Å². The number of allylic oxidation sites excluding steroid dienone is 1. The number of aliphatic carboxylic acids is 1. The Balaban J connectivity index is 0.00000176. The Morgan fingerprint density at radius 1 is 1.11 bits per heavy atom. The summed E-state index contributed by atoms with van der Waals surface area (Å²) in [6.45, 7) is 7.89. The number of carbonyl (C=O) groups excluding carboxylic acids is 1. The zero-order valence-corrected chi connectivity index (χ0v) is 22.3. The maximum absolute atomic E-state index is 11.9. The summed E-state index contributed by atoms with van der Waals surface area (Å²) in [6, 6.07) is 8.51. The molecule has 2 aliphatic heterocycles. The van der Waals surface area contributed by atoms with Crippen molar-refractivity contribution in [2.75, 3.05) is 38.1 Å². The van der Waals surface area contributed by atoms with E-state index in [-0.39, 0.29) is 12.3 Å². The first-order valence-electron chi connectivity index (χ1n) is 13.7. The fraction of sp³-hybridized carbons (Fsp3) is 0.621. The van der Waals surface area contributed by atoms with Gasteiger partial charge in [0.2, 0.25) is 6.41 Å². The van der Waals surface area contributed by atoms with Crippen LogP contribution < -0.4 is 4.90 Å². The number of carboxylic acids is 1. The molecule has 0 radical (unpaired) electrons. The lowest BCUT2D eigenvalue weighted by Crippen LogP contribution is -2.46. The summed E-state index contributed by atoms with van der Waals surface area (Å²) in [5, 5.41) is 8.89. The monoisotopic (exact) mass is 496 g/mol. The Kier molecular flexibility index (Phi) is 11.0. The fourth-order valence-electron chi connectivity index (χ4n) is 5.54. The average molecular weight is 497 g/mol. The molecule has 7 nitrogen and oxygen atoms in total. The van der Waals surface area contributed by atoms with Crippen LogP contribution in [0.3, 0.4) is 0 Å². The quantitative estimate of drug-likeness (QED) is 0.435. The Hall–Kier alpha value is -2.67. The molecule has 1 atom stereocenters. The van der Waals surface area contributed by atoms with Gasteiger partial charge in [-0.3, -0.25) is 19.4 Å². The fourth-order valence-corrected chi connectivity index (χ4v) is 5.54. The highest BCUT2D eigenvalue weighted by molar-refractivity contribution is 5.67. The molecule has 0 spiro atoms. The van der Waals surface area contributed by atoms with Gasteiger partial charge >= 0.3 is 5.97 Å². The molecule has 1 aromatic carbocycles. The molecule has 198 valence electrons. The van der Waals surface area contributed by atoms with Crippen molar-refractivity contribution < 1.29 is 14.7 Å². The van der Waals surface area contributed by atoms with E-state index in [1.54, 1.807) is 4.90 Å². The van der Waals surface area contributed by atoms with Crippen LogP contribution in [0.1, 0.15) is 64.4 Å². The molecule has 1 saturated carbocycles. The summed E-state index contributed by atoms with van der Waals surface area (Å²) in [5.74, 6) is 1.61. The predicted octanol–water partition coefficient (Wildman–Crippen LogP) is 5.03. The highest BCUT2D eigenvalue weighted by Crippen LogP contribution is 2.34. The topological polar surface area (TPSA) is 76.5 Å². The number of carbonyl (C=O) groups is 2. The lowest BCUT2D eigenvalue weighted by Gasteiger charge is -2.38.